The Hall–Kier alpha value is -1.36. The minimum absolute atomic E-state index is 0.0854. The molecule has 0 unspecified atom stereocenters. The van der Waals surface area contributed by atoms with Gasteiger partial charge in [0.2, 0.25) is 5.91 Å². The van der Waals surface area contributed by atoms with Gasteiger partial charge in [0, 0.05) is 13.1 Å². The molecule has 0 N–H and O–H groups in total. The number of carbonyl (C=O) groups is 1. The van der Waals surface area contributed by atoms with Crippen LogP contribution in [0.5, 0.6) is 0 Å². The van der Waals surface area contributed by atoms with E-state index in [1.807, 2.05) is 0 Å². The van der Waals surface area contributed by atoms with Gasteiger partial charge in [0.15, 0.2) is 6.39 Å². The van der Waals surface area contributed by atoms with Gasteiger partial charge >= 0.3 is 0 Å². The highest BCUT2D eigenvalue weighted by atomic mass is 16.5. The van der Waals surface area contributed by atoms with Crippen LogP contribution in [0, 0.1) is 0 Å². The van der Waals surface area contributed by atoms with E-state index in [-0.39, 0.29) is 5.91 Å². The number of hydrogen-bond donors (Lipinski definition) is 0. The van der Waals surface area contributed by atoms with Crippen LogP contribution in [0.2, 0.25) is 0 Å². The normalized spacial score (nSPS) is 17.0. The second kappa shape index (κ2) is 4.23. The first kappa shape index (κ1) is 9.21. The molecular formula is C9H12N2O3. The third-order valence-electron chi connectivity index (χ3n) is 2.18. The first-order chi connectivity index (χ1) is 6.86. The van der Waals surface area contributed by atoms with Crippen molar-refractivity contribution in [3.8, 4) is 0 Å². The number of amides is 1. The van der Waals surface area contributed by atoms with Crippen LogP contribution >= 0.6 is 0 Å². The maximum atomic E-state index is 11.7. The molecule has 2 heterocycles. The molecule has 0 aromatic carbocycles. The van der Waals surface area contributed by atoms with Crippen molar-refractivity contribution in [3.63, 3.8) is 0 Å². The molecule has 14 heavy (non-hydrogen) atoms. The van der Waals surface area contributed by atoms with E-state index >= 15 is 0 Å². The molecule has 0 radical (unpaired) electrons. The quantitative estimate of drug-likeness (QED) is 0.672. The lowest BCUT2D eigenvalue weighted by Gasteiger charge is -2.26. The topological polar surface area (TPSA) is 55.6 Å². The van der Waals surface area contributed by atoms with Crippen LogP contribution in [0.25, 0.3) is 0 Å². The molecule has 5 nitrogen and oxygen atoms in total. The summed E-state index contributed by atoms with van der Waals surface area (Å²) in [5.74, 6) is 0.0854. The molecule has 0 atom stereocenters. The lowest BCUT2D eigenvalue weighted by molar-refractivity contribution is -0.134. The number of rotatable bonds is 2. The van der Waals surface area contributed by atoms with E-state index in [1.165, 1.54) is 12.7 Å². The molecule has 1 saturated heterocycles. The molecule has 1 aliphatic rings. The van der Waals surface area contributed by atoms with Crippen LogP contribution in [0.3, 0.4) is 0 Å². The summed E-state index contributed by atoms with van der Waals surface area (Å²) >= 11 is 0. The molecule has 1 fully saturated rings. The van der Waals surface area contributed by atoms with E-state index < -0.39 is 0 Å². The Morgan fingerprint density at radius 2 is 2.29 bits per heavy atom. The molecule has 0 saturated carbocycles. The summed E-state index contributed by atoms with van der Waals surface area (Å²) in [4.78, 5) is 17.3. The molecule has 1 aromatic heterocycles. The fraction of sp³-hybridized carbons (Fsp3) is 0.556. The molecule has 5 heteroatoms. The summed E-state index contributed by atoms with van der Waals surface area (Å²) in [7, 11) is 0. The van der Waals surface area contributed by atoms with Crippen LogP contribution in [-0.2, 0) is 16.0 Å². The van der Waals surface area contributed by atoms with Crippen LogP contribution in [0.1, 0.15) is 5.69 Å². The lowest BCUT2D eigenvalue weighted by Crippen LogP contribution is -2.41. The van der Waals surface area contributed by atoms with Gasteiger partial charge in [-0.25, -0.2) is 4.98 Å². The van der Waals surface area contributed by atoms with Gasteiger partial charge in [-0.05, 0) is 0 Å². The fourth-order valence-corrected chi connectivity index (χ4v) is 1.40. The number of oxazole rings is 1. The van der Waals surface area contributed by atoms with Gasteiger partial charge in [-0.2, -0.15) is 0 Å². The zero-order valence-electron chi connectivity index (χ0n) is 7.81. The second-order valence-corrected chi connectivity index (χ2v) is 3.15. The standard InChI is InChI=1S/C9H12N2O3/c12-9(5-8-6-14-7-10-8)11-1-3-13-4-2-11/h6-7H,1-5H2. The number of hydrogen-bond acceptors (Lipinski definition) is 4. The van der Waals surface area contributed by atoms with Crippen molar-refractivity contribution in [2.75, 3.05) is 26.3 Å². The average Bonchev–Trinajstić information content (AvgIpc) is 2.72. The maximum Gasteiger partial charge on any atom is 0.228 e. The summed E-state index contributed by atoms with van der Waals surface area (Å²) in [6.07, 6.45) is 3.15. The van der Waals surface area contributed by atoms with Crippen molar-refractivity contribution >= 4 is 5.91 Å². The molecule has 1 aliphatic heterocycles. The Morgan fingerprint density at radius 1 is 1.50 bits per heavy atom. The van der Waals surface area contributed by atoms with Gasteiger partial charge < -0.3 is 14.1 Å². The van der Waals surface area contributed by atoms with Crippen molar-refractivity contribution < 1.29 is 13.9 Å². The smallest absolute Gasteiger partial charge is 0.228 e. The zero-order valence-corrected chi connectivity index (χ0v) is 7.81. The zero-order chi connectivity index (χ0) is 9.80. The molecule has 76 valence electrons. The van der Waals surface area contributed by atoms with Gasteiger partial charge in [0.05, 0.1) is 25.3 Å². The van der Waals surface area contributed by atoms with Crippen molar-refractivity contribution in [2.24, 2.45) is 0 Å². The average molecular weight is 196 g/mol. The highest BCUT2D eigenvalue weighted by Gasteiger charge is 2.17. The van der Waals surface area contributed by atoms with Gasteiger partial charge in [-0.3, -0.25) is 4.79 Å². The van der Waals surface area contributed by atoms with E-state index in [4.69, 9.17) is 9.15 Å². The predicted octanol–water partition coefficient (Wildman–Crippen LogP) is 0.0759. The molecule has 0 bridgehead atoms. The van der Waals surface area contributed by atoms with E-state index in [0.29, 0.717) is 38.4 Å². The lowest BCUT2D eigenvalue weighted by atomic mass is 10.3. The summed E-state index contributed by atoms with van der Waals surface area (Å²) in [6, 6.07) is 0. The molecule has 0 spiro atoms. The summed E-state index contributed by atoms with van der Waals surface area (Å²) in [5.41, 5.74) is 0.682. The third-order valence-corrected chi connectivity index (χ3v) is 2.18. The van der Waals surface area contributed by atoms with Gasteiger partial charge in [-0.1, -0.05) is 0 Å². The largest absolute Gasteiger partial charge is 0.451 e. The highest BCUT2D eigenvalue weighted by molar-refractivity contribution is 5.78. The summed E-state index contributed by atoms with van der Waals surface area (Å²) < 4.78 is 9.95. The van der Waals surface area contributed by atoms with Crippen LogP contribution in [0.15, 0.2) is 17.1 Å². The first-order valence-electron chi connectivity index (χ1n) is 4.59. The number of carbonyl (C=O) groups excluding carboxylic acids is 1. The van der Waals surface area contributed by atoms with Crippen LogP contribution < -0.4 is 0 Å². The molecule has 2 rings (SSSR count). The fourth-order valence-electron chi connectivity index (χ4n) is 1.40. The maximum absolute atomic E-state index is 11.7. The van der Waals surface area contributed by atoms with Gasteiger partial charge in [0.1, 0.15) is 6.26 Å². The van der Waals surface area contributed by atoms with Crippen molar-refractivity contribution in [2.45, 2.75) is 6.42 Å². The second-order valence-electron chi connectivity index (χ2n) is 3.15. The SMILES string of the molecule is O=C(Cc1cocn1)N1CCOCC1. The number of nitrogens with zero attached hydrogens (tertiary/aromatic N) is 2. The first-order valence-corrected chi connectivity index (χ1v) is 4.59. The van der Waals surface area contributed by atoms with E-state index in [0.717, 1.165) is 0 Å². The third kappa shape index (κ3) is 2.11. The minimum Gasteiger partial charge on any atom is -0.451 e. The van der Waals surface area contributed by atoms with E-state index in [1.54, 1.807) is 4.90 Å². The van der Waals surface area contributed by atoms with Crippen molar-refractivity contribution in [1.82, 2.24) is 9.88 Å². The van der Waals surface area contributed by atoms with Crippen LogP contribution in [0.4, 0.5) is 0 Å². The molecule has 0 aliphatic carbocycles. The Balaban J connectivity index is 1.88. The number of aromatic nitrogens is 1. The number of morpholine rings is 1. The Bertz CT molecular complexity index is 291. The minimum atomic E-state index is 0.0854. The molecular weight excluding hydrogens is 184 g/mol. The van der Waals surface area contributed by atoms with Gasteiger partial charge in [-0.15, -0.1) is 0 Å². The molecule has 1 amide bonds. The number of ether oxygens (including phenoxy) is 1. The van der Waals surface area contributed by atoms with Crippen molar-refractivity contribution in [3.05, 3.63) is 18.4 Å². The van der Waals surface area contributed by atoms with E-state index in [2.05, 4.69) is 4.98 Å². The monoisotopic (exact) mass is 196 g/mol. The van der Waals surface area contributed by atoms with Gasteiger partial charge in [0.25, 0.3) is 0 Å². The summed E-state index contributed by atoms with van der Waals surface area (Å²) in [5, 5.41) is 0. The van der Waals surface area contributed by atoms with Crippen LogP contribution in [-0.4, -0.2) is 42.1 Å². The summed E-state index contributed by atoms with van der Waals surface area (Å²) in [6.45, 7) is 2.61. The Kier molecular flexibility index (Phi) is 2.78. The highest BCUT2D eigenvalue weighted by Crippen LogP contribution is 2.03. The molecule has 1 aromatic rings. The van der Waals surface area contributed by atoms with E-state index in [9.17, 15) is 4.79 Å². The Labute approximate surface area is 81.7 Å². The Morgan fingerprint density at radius 3 is 2.93 bits per heavy atom. The predicted molar refractivity (Wildman–Crippen MR) is 47.6 cm³/mol. The van der Waals surface area contributed by atoms with Crippen molar-refractivity contribution in [1.29, 1.82) is 0 Å².